The van der Waals surface area contributed by atoms with Crippen LogP contribution in [0.5, 0.6) is 0 Å². The summed E-state index contributed by atoms with van der Waals surface area (Å²) in [6.07, 6.45) is 10.9. The lowest BCUT2D eigenvalue weighted by Gasteiger charge is -2.10. The van der Waals surface area contributed by atoms with Crippen LogP contribution < -0.4 is 11.5 Å². The van der Waals surface area contributed by atoms with Crippen molar-refractivity contribution in [2.75, 3.05) is 6.54 Å². The second kappa shape index (κ2) is 14.7. The Labute approximate surface area is 147 Å². The van der Waals surface area contributed by atoms with Crippen LogP contribution in [0.2, 0.25) is 0 Å². The Morgan fingerprint density at radius 2 is 1.39 bits per heavy atom. The van der Waals surface area contributed by atoms with Crippen molar-refractivity contribution in [1.29, 1.82) is 0 Å². The fraction of sp³-hybridized carbons (Fsp3) is 0.632. The van der Waals surface area contributed by atoms with Crippen molar-refractivity contribution in [3.05, 3.63) is 35.9 Å². The number of hydrogen-bond acceptors (Lipinski definition) is 3. The van der Waals surface area contributed by atoms with Crippen molar-refractivity contribution >= 4 is 18.2 Å². The third kappa shape index (κ3) is 11.3. The molecule has 0 saturated heterocycles. The van der Waals surface area contributed by atoms with E-state index in [9.17, 15) is 4.79 Å². The fourth-order valence-corrected chi connectivity index (χ4v) is 2.67. The zero-order valence-electron chi connectivity index (χ0n) is 14.2. The molecule has 4 N–H and O–H groups in total. The maximum absolute atomic E-state index is 12.0. The number of halogens is 1. The number of nitrogens with two attached hydrogens (primary N) is 2. The molecule has 0 fully saturated rings. The van der Waals surface area contributed by atoms with Crippen LogP contribution in [0.1, 0.15) is 63.4 Å². The summed E-state index contributed by atoms with van der Waals surface area (Å²) >= 11 is 0. The first-order valence-electron chi connectivity index (χ1n) is 8.76. The van der Waals surface area contributed by atoms with E-state index < -0.39 is 0 Å². The van der Waals surface area contributed by atoms with Gasteiger partial charge in [0, 0.05) is 6.42 Å². The van der Waals surface area contributed by atoms with Crippen LogP contribution in [0.25, 0.3) is 0 Å². The highest BCUT2D eigenvalue weighted by atomic mass is 35.5. The summed E-state index contributed by atoms with van der Waals surface area (Å²) in [5.41, 5.74) is 12.6. The first-order chi connectivity index (χ1) is 10.7. The number of unbranched alkanes of at least 4 members (excludes halogenated alkanes) is 7. The maximum Gasteiger partial charge on any atom is 0.149 e. The number of carbonyl (C=O) groups excluding carboxylic acids is 1. The smallest absolute Gasteiger partial charge is 0.149 e. The number of ketones is 1. The van der Waals surface area contributed by atoms with Crippen LogP contribution in [-0.4, -0.2) is 18.4 Å². The summed E-state index contributed by atoms with van der Waals surface area (Å²) in [5, 5.41) is 0. The summed E-state index contributed by atoms with van der Waals surface area (Å²) in [7, 11) is 0. The van der Waals surface area contributed by atoms with Gasteiger partial charge in [0.25, 0.3) is 0 Å². The lowest BCUT2D eigenvalue weighted by molar-refractivity contribution is -0.120. The van der Waals surface area contributed by atoms with Crippen molar-refractivity contribution in [3.8, 4) is 0 Å². The molecule has 0 spiro atoms. The molecule has 23 heavy (non-hydrogen) atoms. The minimum absolute atomic E-state index is 0. The predicted molar refractivity (Wildman–Crippen MR) is 101 cm³/mol. The molecule has 1 aromatic carbocycles. The zero-order valence-corrected chi connectivity index (χ0v) is 15.0. The number of Topliss-reactive ketones (excluding diaryl/α,β-unsaturated/α-hetero) is 1. The molecule has 4 heteroatoms. The minimum Gasteiger partial charge on any atom is -0.330 e. The van der Waals surface area contributed by atoms with E-state index in [1.807, 2.05) is 30.3 Å². The van der Waals surface area contributed by atoms with E-state index >= 15 is 0 Å². The van der Waals surface area contributed by atoms with Crippen LogP contribution >= 0.6 is 12.4 Å². The molecule has 0 radical (unpaired) electrons. The Bertz CT molecular complexity index is 398. The molecular formula is C19H33ClN2O. The second-order valence-corrected chi connectivity index (χ2v) is 6.13. The van der Waals surface area contributed by atoms with Gasteiger partial charge < -0.3 is 11.5 Å². The van der Waals surface area contributed by atoms with E-state index in [0.717, 1.165) is 31.4 Å². The molecule has 0 aliphatic heterocycles. The average Bonchev–Trinajstić information content (AvgIpc) is 2.54. The first-order valence-corrected chi connectivity index (χ1v) is 8.76. The van der Waals surface area contributed by atoms with Crippen LogP contribution in [0, 0.1) is 0 Å². The molecule has 132 valence electrons. The lowest BCUT2D eigenvalue weighted by atomic mass is 9.99. The molecule has 1 rings (SSSR count). The number of carbonyl (C=O) groups is 1. The van der Waals surface area contributed by atoms with Gasteiger partial charge in [-0.2, -0.15) is 0 Å². The first kappa shape index (κ1) is 22.1. The van der Waals surface area contributed by atoms with Crippen LogP contribution in [0.4, 0.5) is 0 Å². The monoisotopic (exact) mass is 340 g/mol. The Hall–Kier alpha value is -0.900. The molecule has 0 saturated carbocycles. The molecule has 0 amide bonds. The number of benzene rings is 1. The van der Waals surface area contributed by atoms with Crippen molar-refractivity contribution in [2.24, 2.45) is 11.5 Å². The van der Waals surface area contributed by atoms with Gasteiger partial charge in [-0.15, -0.1) is 12.4 Å². The summed E-state index contributed by atoms with van der Waals surface area (Å²) in [5.74, 6) is 0.201. The molecule has 1 atom stereocenters. The highest BCUT2D eigenvalue weighted by Crippen LogP contribution is 2.11. The van der Waals surface area contributed by atoms with Gasteiger partial charge in [-0.3, -0.25) is 4.79 Å². The molecule has 1 aromatic rings. The van der Waals surface area contributed by atoms with Gasteiger partial charge in [-0.05, 0) is 31.4 Å². The van der Waals surface area contributed by atoms with Crippen molar-refractivity contribution in [1.82, 2.24) is 0 Å². The SMILES string of the molecule is Cl.NCCCCCCCCCCC(=O)[C@@H](N)Cc1ccccc1. The van der Waals surface area contributed by atoms with Crippen LogP contribution in [0.15, 0.2) is 30.3 Å². The van der Waals surface area contributed by atoms with E-state index in [1.165, 1.54) is 32.1 Å². The van der Waals surface area contributed by atoms with E-state index in [4.69, 9.17) is 11.5 Å². The normalized spacial score (nSPS) is 11.7. The lowest BCUT2D eigenvalue weighted by Crippen LogP contribution is -2.32. The van der Waals surface area contributed by atoms with Crippen molar-refractivity contribution < 1.29 is 4.79 Å². The molecule has 0 aliphatic rings. The summed E-state index contributed by atoms with van der Waals surface area (Å²) in [4.78, 5) is 12.0. The van der Waals surface area contributed by atoms with E-state index in [1.54, 1.807) is 0 Å². The van der Waals surface area contributed by atoms with Crippen LogP contribution in [-0.2, 0) is 11.2 Å². The van der Waals surface area contributed by atoms with Gasteiger partial charge in [0.1, 0.15) is 5.78 Å². The van der Waals surface area contributed by atoms with E-state index in [2.05, 4.69) is 0 Å². The zero-order chi connectivity index (χ0) is 16.0. The van der Waals surface area contributed by atoms with Crippen molar-refractivity contribution in [3.63, 3.8) is 0 Å². The molecule has 0 bridgehead atoms. The second-order valence-electron chi connectivity index (χ2n) is 6.13. The predicted octanol–water partition coefficient (Wildman–Crippen LogP) is 4.02. The van der Waals surface area contributed by atoms with Gasteiger partial charge in [0.15, 0.2) is 0 Å². The van der Waals surface area contributed by atoms with E-state index in [-0.39, 0.29) is 24.2 Å². The Morgan fingerprint density at radius 3 is 1.96 bits per heavy atom. The Balaban J connectivity index is 0.00000484. The minimum atomic E-state index is -0.348. The molecule has 0 unspecified atom stereocenters. The molecule has 0 aromatic heterocycles. The van der Waals surface area contributed by atoms with Crippen molar-refractivity contribution in [2.45, 2.75) is 70.3 Å². The Kier molecular flexibility index (Phi) is 14.1. The molecular weight excluding hydrogens is 308 g/mol. The highest BCUT2D eigenvalue weighted by Gasteiger charge is 2.13. The molecule has 0 heterocycles. The standard InChI is InChI=1S/C19H32N2O.ClH/c20-15-11-6-4-2-1-3-5-10-14-19(22)18(21)16-17-12-8-7-9-13-17;/h7-9,12-13,18H,1-6,10-11,14-16,20-21H2;1H/t18-;/m0./s1. The van der Waals surface area contributed by atoms with E-state index in [0.29, 0.717) is 12.8 Å². The molecule has 0 aliphatic carbocycles. The topological polar surface area (TPSA) is 69.1 Å². The van der Waals surface area contributed by atoms with Gasteiger partial charge in [0.2, 0.25) is 0 Å². The maximum atomic E-state index is 12.0. The third-order valence-corrected chi connectivity index (χ3v) is 4.09. The van der Waals surface area contributed by atoms with Gasteiger partial charge in [0.05, 0.1) is 6.04 Å². The number of hydrogen-bond donors (Lipinski definition) is 2. The third-order valence-electron chi connectivity index (χ3n) is 4.09. The van der Waals surface area contributed by atoms with Crippen LogP contribution in [0.3, 0.4) is 0 Å². The summed E-state index contributed by atoms with van der Waals surface area (Å²) in [6.45, 7) is 0.811. The fourth-order valence-electron chi connectivity index (χ4n) is 2.67. The average molecular weight is 341 g/mol. The van der Waals surface area contributed by atoms with Gasteiger partial charge >= 0.3 is 0 Å². The summed E-state index contributed by atoms with van der Waals surface area (Å²) in [6, 6.07) is 9.65. The quantitative estimate of drug-likeness (QED) is 0.533. The largest absolute Gasteiger partial charge is 0.330 e. The van der Waals surface area contributed by atoms with Gasteiger partial charge in [-0.1, -0.05) is 68.9 Å². The van der Waals surface area contributed by atoms with Gasteiger partial charge in [-0.25, -0.2) is 0 Å². The number of rotatable bonds is 13. The Morgan fingerprint density at radius 1 is 0.870 bits per heavy atom. The highest BCUT2D eigenvalue weighted by molar-refractivity contribution is 5.85. The molecule has 3 nitrogen and oxygen atoms in total. The summed E-state index contributed by atoms with van der Waals surface area (Å²) < 4.78 is 0.